The number of carbonyl (C=O) groups is 1. The van der Waals surface area contributed by atoms with Gasteiger partial charge >= 0.3 is 173 Å². The summed E-state index contributed by atoms with van der Waals surface area (Å²) in [4.78, 5) is 15.2. The number of benzene rings is 2. The van der Waals surface area contributed by atoms with E-state index in [9.17, 15) is 4.79 Å². The zero-order chi connectivity index (χ0) is 19.8. The average molecular weight is 499 g/mol. The number of nitrogens with zero attached hydrogens (tertiary/aromatic N) is 3. The molecule has 8 nitrogen and oxygen atoms in total. The average Bonchev–Trinajstić information content (AvgIpc) is 3.41. The first-order valence-corrected chi connectivity index (χ1v) is 14.6. The van der Waals surface area contributed by atoms with E-state index in [4.69, 9.17) is 16.6 Å². The predicted molar refractivity (Wildman–Crippen MR) is 106 cm³/mol. The molecule has 5 rings (SSSR count). The van der Waals surface area contributed by atoms with Crippen molar-refractivity contribution in [3.63, 3.8) is 0 Å². The van der Waals surface area contributed by atoms with Crippen molar-refractivity contribution in [1.29, 1.82) is 0 Å². The Hall–Kier alpha value is -2.27. The third kappa shape index (κ3) is 3.35. The first kappa shape index (κ1) is 18.7. The van der Waals surface area contributed by atoms with Crippen LogP contribution < -0.4 is 12.9 Å². The van der Waals surface area contributed by atoms with Crippen molar-refractivity contribution in [2.24, 2.45) is 5.73 Å². The maximum absolute atomic E-state index is 11.3. The minimum absolute atomic E-state index is 0.0252. The van der Waals surface area contributed by atoms with Gasteiger partial charge in [0.25, 0.3) is 0 Å². The van der Waals surface area contributed by atoms with E-state index < -0.39 is 25.1 Å². The van der Waals surface area contributed by atoms with Gasteiger partial charge in [-0.25, -0.2) is 0 Å². The van der Waals surface area contributed by atoms with Gasteiger partial charge in [-0.2, -0.15) is 0 Å². The molecule has 2 aliphatic rings. The number of ether oxygens (including phenoxy) is 1. The first-order chi connectivity index (χ1) is 14.2. The second-order valence-corrected chi connectivity index (χ2v) is 15.4. The molecule has 2 N–H and O–H groups in total. The van der Waals surface area contributed by atoms with E-state index in [1.807, 2.05) is 36.4 Å². The van der Waals surface area contributed by atoms with Crippen molar-refractivity contribution in [2.45, 2.75) is 24.9 Å². The van der Waals surface area contributed by atoms with E-state index in [0.717, 1.165) is 7.16 Å². The van der Waals surface area contributed by atoms with Crippen LogP contribution in [0.25, 0.3) is 0 Å². The zero-order valence-corrected chi connectivity index (χ0v) is 18.4. The molecular weight excluding hydrogens is 479 g/mol. The molecule has 0 aliphatic carbocycles. The second-order valence-electron chi connectivity index (χ2n) is 7.09. The summed E-state index contributed by atoms with van der Waals surface area (Å²) in [6.45, 7) is 0.457. The van der Waals surface area contributed by atoms with Gasteiger partial charge in [0.15, 0.2) is 0 Å². The fourth-order valence-electron chi connectivity index (χ4n) is 3.89. The third-order valence-electron chi connectivity index (χ3n) is 5.28. The molecule has 3 heterocycles. The summed E-state index contributed by atoms with van der Waals surface area (Å²) in [5.41, 5.74) is 5.25. The molecule has 0 spiro atoms. The molecule has 1 amide bonds. The number of amides is 1. The molecule has 0 radical (unpaired) electrons. The van der Waals surface area contributed by atoms with Gasteiger partial charge in [-0.15, -0.1) is 0 Å². The molecular formula is C20H20N4O4Sn. The summed E-state index contributed by atoms with van der Waals surface area (Å²) in [6.07, 6.45) is 1.38. The summed E-state index contributed by atoms with van der Waals surface area (Å²) in [5.74, 6) is -0.690. The molecule has 1 aromatic heterocycles. The Balaban J connectivity index is 1.45. The van der Waals surface area contributed by atoms with Gasteiger partial charge in [0.05, 0.1) is 0 Å². The van der Waals surface area contributed by atoms with Gasteiger partial charge < -0.3 is 0 Å². The Morgan fingerprint density at radius 1 is 1.03 bits per heavy atom. The van der Waals surface area contributed by atoms with Crippen molar-refractivity contribution in [2.75, 3.05) is 6.61 Å². The fraction of sp³-hybridized carbons (Fsp3) is 0.250. The zero-order valence-electron chi connectivity index (χ0n) is 15.5. The molecule has 0 saturated carbocycles. The molecule has 3 atom stereocenters. The summed E-state index contributed by atoms with van der Waals surface area (Å²) < 4.78 is 23.2. The summed E-state index contributed by atoms with van der Waals surface area (Å²) in [6, 6.07) is 20.4. The van der Waals surface area contributed by atoms with Crippen molar-refractivity contribution in [3.8, 4) is 0 Å². The Kier molecular flexibility index (Phi) is 4.86. The Morgan fingerprint density at radius 2 is 1.69 bits per heavy atom. The standard InChI is InChI=1S/C8H10N4O4.2C6H5.Sn/c9-7(15)8-10-3-12(11-8)6-1-4(14)5(2-13)16-6;2*1-2-4-6-5-3-1;/h3-6H,1-2H2,(H2,9,15);2*1-5H;/q-2;;;+2. The van der Waals surface area contributed by atoms with Crippen LogP contribution in [0.15, 0.2) is 67.0 Å². The molecule has 148 valence electrons. The van der Waals surface area contributed by atoms with Crippen molar-refractivity contribution in [3.05, 3.63) is 72.8 Å². The van der Waals surface area contributed by atoms with Gasteiger partial charge in [0.1, 0.15) is 0 Å². The first-order valence-electron chi connectivity index (χ1n) is 9.45. The Morgan fingerprint density at radius 3 is 2.28 bits per heavy atom. The number of hydrogen-bond donors (Lipinski definition) is 1. The summed E-state index contributed by atoms with van der Waals surface area (Å²) in [7, 11) is 0. The number of rotatable bonds is 4. The number of hydrogen-bond acceptors (Lipinski definition) is 6. The van der Waals surface area contributed by atoms with Crippen LogP contribution in [0.3, 0.4) is 0 Å². The predicted octanol–water partition coefficient (Wildman–Crippen LogP) is 0.336. The van der Waals surface area contributed by atoms with E-state index in [2.05, 4.69) is 34.3 Å². The second kappa shape index (κ2) is 7.52. The van der Waals surface area contributed by atoms with Crippen molar-refractivity contribution >= 4 is 32.3 Å². The van der Waals surface area contributed by atoms with Crippen LogP contribution in [0.5, 0.6) is 0 Å². The van der Waals surface area contributed by atoms with E-state index in [1.54, 1.807) is 0 Å². The van der Waals surface area contributed by atoms with E-state index in [-0.39, 0.29) is 24.3 Å². The molecule has 2 aromatic carbocycles. The van der Waals surface area contributed by atoms with Crippen LogP contribution in [0.2, 0.25) is 0 Å². The van der Waals surface area contributed by atoms with Crippen LogP contribution in [0, 0.1) is 0 Å². The van der Waals surface area contributed by atoms with E-state index >= 15 is 0 Å². The number of carbonyl (C=O) groups excluding carboxylic acids is 1. The topological polar surface area (TPSA) is 101 Å². The summed E-state index contributed by atoms with van der Waals surface area (Å²) >= 11 is -3.81. The normalized spacial score (nSPS) is 25.4. The molecule has 3 aromatic rings. The fourth-order valence-corrected chi connectivity index (χ4v) is 13.4. The van der Waals surface area contributed by atoms with Crippen molar-refractivity contribution in [1.82, 2.24) is 14.8 Å². The number of aromatic nitrogens is 3. The maximum atomic E-state index is 11.3. The number of nitrogens with two attached hydrogens (primary N) is 1. The SMILES string of the molecule is NC(=O)c1ncn(C2CC3[O][Sn]([c]4ccccc4)([c]4ccccc4)[O]CC3O2)n1. The van der Waals surface area contributed by atoms with Crippen LogP contribution >= 0.6 is 0 Å². The van der Waals surface area contributed by atoms with Crippen LogP contribution in [-0.2, 0) is 10.9 Å². The molecule has 2 saturated heterocycles. The van der Waals surface area contributed by atoms with Gasteiger partial charge in [0, 0.05) is 0 Å². The third-order valence-corrected chi connectivity index (χ3v) is 15.0. The molecule has 2 aliphatic heterocycles. The van der Waals surface area contributed by atoms with Crippen LogP contribution in [-0.4, -0.2) is 58.7 Å². The minimum atomic E-state index is -3.81. The van der Waals surface area contributed by atoms with Gasteiger partial charge in [-0.1, -0.05) is 0 Å². The quantitative estimate of drug-likeness (QED) is 0.520. The van der Waals surface area contributed by atoms with Crippen LogP contribution in [0.4, 0.5) is 0 Å². The summed E-state index contributed by atoms with van der Waals surface area (Å²) in [5, 5.41) is 4.13. The molecule has 2 fully saturated rings. The van der Waals surface area contributed by atoms with Gasteiger partial charge in [0.2, 0.25) is 0 Å². The van der Waals surface area contributed by atoms with Gasteiger partial charge in [-0.3, -0.25) is 0 Å². The molecule has 29 heavy (non-hydrogen) atoms. The molecule has 9 heteroatoms. The number of primary amides is 1. The Labute approximate surface area is 172 Å². The van der Waals surface area contributed by atoms with E-state index in [1.165, 1.54) is 11.0 Å². The van der Waals surface area contributed by atoms with Crippen LogP contribution in [0.1, 0.15) is 23.3 Å². The van der Waals surface area contributed by atoms with Crippen molar-refractivity contribution < 1.29 is 15.7 Å². The monoisotopic (exact) mass is 500 g/mol. The molecule has 0 bridgehead atoms. The Bertz CT molecular complexity index is 974. The van der Waals surface area contributed by atoms with Gasteiger partial charge in [-0.05, 0) is 0 Å². The van der Waals surface area contributed by atoms with E-state index in [0.29, 0.717) is 13.0 Å². The number of fused-ring (bicyclic) bond motifs is 1. The molecule has 3 unspecified atom stereocenters.